The van der Waals surface area contributed by atoms with E-state index in [2.05, 4.69) is 66.0 Å². The predicted octanol–water partition coefficient (Wildman–Crippen LogP) is 1.74. The average molecular weight is 374 g/mol. The van der Waals surface area contributed by atoms with Gasteiger partial charge in [-0.15, -0.1) is 0 Å². The molecular formula is C20H22N8. The van der Waals surface area contributed by atoms with Crippen molar-refractivity contribution in [1.29, 1.82) is 0 Å². The lowest BCUT2D eigenvalue weighted by Crippen LogP contribution is -2.71. The molecule has 8 nitrogen and oxygen atoms in total. The summed E-state index contributed by atoms with van der Waals surface area (Å²) in [4.78, 5) is 15.0. The highest BCUT2D eigenvalue weighted by atomic mass is 15.8. The monoisotopic (exact) mass is 374 g/mol. The molecule has 1 unspecified atom stereocenters. The van der Waals surface area contributed by atoms with Gasteiger partial charge in [0.1, 0.15) is 0 Å². The zero-order valence-electron chi connectivity index (χ0n) is 15.4. The molecule has 5 rings (SSSR count). The molecule has 0 bridgehead atoms. The summed E-state index contributed by atoms with van der Waals surface area (Å²) in [6.45, 7) is 2.16. The van der Waals surface area contributed by atoms with Crippen LogP contribution in [-0.2, 0) is 0 Å². The molecule has 4 aliphatic heterocycles. The third-order valence-electron chi connectivity index (χ3n) is 4.96. The third-order valence-corrected chi connectivity index (χ3v) is 4.96. The van der Waals surface area contributed by atoms with Gasteiger partial charge in [-0.3, -0.25) is 15.0 Å². The van der Waals surface area contributed by atoms with E-state index in [4.69, 9.17) is 4.99 Å². The summed E-state index contributed by atoms with van der Waals surface area (Å²) in [7, 11) is 0. The zero-order valence-corrected chi connectivity index (χ0v) is 15.4. The maximum atomic E-state index is 5.27. The van der Waals surface area contributed by atoms with Gasteiger partial charge in [0.05, 0.1) is 24.5 Å². The second kappa shape index (κ2) is 6.90. The first-order valence-electron chi connectivity index (χ1n) is 9.33. The van der Waals surface area contributed by atoms with E-state index < -0.39 is 5.91 Å². The van der Waals surface area contributed by atoms with Crippen LogP contribution in [0.15, 0.2) is 89.7 Å². The van der Waals surface area contributed by atoms with E-state index in [1.807, 2.05) is 49.1 Å². The summed E-state index contributed by atoms with van der Waals surface area (Å²) < 4.78 is 0. The minimum Gasteiger partial charge on any atom is -0.360 e. The largest absolute Gasteiger partial charge is 0.360 e. The van der Waals surface area contributed by atoms with Crippen molar-refractivity contribution >= 4 is 11.9 Å². The molecule has 1 atom stereocenters. The minimum atomic E-state index is -0.860. The van der Waals surface area contributed by atoms with E-state index in [1.54, 1.807) is 6.20 Å². The highest BCUT2D eigenvalue weighted by molar-refractivity contribution is 6.08. The van der Waals surface area contributed by atoms with Gasteiger partial charge in [0.25, 0.3) is 0 Å². The second-order valence-electron chi connectivity index (χ2n) is 6.63. The van der Waals surface area contributed by atoms with Gasteiger partial charge < -0.3 is 9.88 Å². The number of aromatic amines is 1. The van der Waals surface area contributed by atoms with Crippen LogP contribution in [0.5, 0.6) is 0 Å². The molecule has 0 saturated carbocycles. The summed E-state index contributed by atoms with van der Waals surface area (Å²) in [6, 6.07) is 4.02. The number of aliphatic imine (C=N–C) groups is 2. The van der Waals surface area contributed by atoms with Gasteiger partial charge >= 0.3 is 5.91 Å². The molecule has 0 saturated heterocycles. The SMILES string of the molecule is C1=CCN(N2C=CC(c3ccc[nH]3)=NC2(N2C=CN=CC2)N2C=CCN2)C=C1. The van der Waals surface area contributed by atoms with E-state index in [-0.39, 0.29) is 0 Å². The fourth-order valence-electron chi connectivity index (χ4n) is 3.67. The van der Waals surface area contributed by atoms with E-state index in [0.717, 1.165) is 24.5 Å². The number of hydrogen-bond donors (Lipinski definition) is 2. The Morgan fingerprint density at radius 2 is 2.04 bits per heavy atom. The lowest BCUT2D eigenvalue weighted by molar-refractivity contribution is -0.184. The molecule has 1 aromatic rings. The van der Waals surface area contributed by atoms with Gasteiger partial charge in [-0.1, -0.05) is 18.2 Å². The van der Waals surface area contributed by atoms with Crippen LogP contribution in [0.4, 0.5) is 0 Å². The molecule has 142 valence electrons. The molecule has 0 fully saturated rings. The van der Waals surface area contributed by atoms with Gasteiger partial charge in [-0.2, -0.15) is 0 Å². The van der Waals surface area contributed by atoms with Gasteiger partial charge in [0.15, 0.2) is 0 Å². The Morgan fingerprint density at radius 1 is 1.04 bits per heavy atom. The highest BCUT2D eigenvalue weighted by Crippen LogP contribution is 2.34. The van der Waals surface area contributed by atoms with Crippen molar-refractivity contribution < 1.29 is 0 Å². The number of nitrogens with zero attached hydrogens (tertiary/aromatic N) is 6. The first kappa shape index (κ1) is 16.6. The Morgan fingerprint density at radius 3 is 2.75 bits per heavy atom. The average Bonchev–Trinajstić information content (AvgIpc) is 3.49. The normalized spacial score (nSPS) is 25.9. The highest BCUT2D eigenvalue weighted by Gasteiger charge is 2.50. The number of allylic oxidation sites excluding steroid dienone is 3. The molecular weight excluding hydrogens is 352 g/mol. The fraction of sp³-hybridized carbons (Fsp3) is 0.200. The number of nitrogens with one attached hydrogen (secondary N) is 2. The Bertz CT molecular complexity index is 920. The fourth-order valence-corrected chi connectivity index (χ4v) is 3.67. The summed E-state index contributed by atoms with van der Waals surface area (Å²) in [5.74, 6) is -0.860. The summed E-state index contributed by atoms with van der Waals surface area (Å²) in [6.07, 6.45) is 24.1. The van der Waals surface area contributed by atoms with E-state index in [0.29, 0.717) is 6.54 Å². The van der Waals surface area contributed by atoms with Crippen molar-refractivity contribution in [1.82, 2.24) is 30.3 Å². The van der Waals surface area contributed by atoms with Crippen molar-refractivity contribution in [3.05, 3.63) is 85.4 Å². The van der Waals surface area contributed by atoms with Crippen molar-refractivity contribution in [3.63, 3.8) is 0 Å². The van der Waals surface area contributed by atoms with E-state index >= 15 is 0 Å². The van der Waals surface area contributed by atoms with Crippen LogP contribution < -0.4 is 5.43 Å². The molecule has 0 spiro atoms. The van der Waals surface area contributed by atoms with Gasteiger partial charge in [-0.25, -0.2) is 15.4 Å². The van der Waals surface area contributed by atoms with E-state index in [9.17, 15) is 0 Å². The molecule has 2 N–H and O–H groups in total. The number of hydrazine groups is 2. The molecule has 4 aliphatic rings. The lowest BCUT2D eigenvalue weighted by atomic mass is 10.2. The number of H-pyrrole nitrogens is 1. The standard InChI is InChI=1S/C20H22N8/c1-2-12-26(13-3-1)28-15-7-19(18-6-4-8-22-18)24-20(28,27-14-5-9-23-27)25-16-10-21-11-17-25/h1-8,10-12,14-16,22-23H,9,13,17H2. The van der Waals surface area contributed by atoms with Crippen LogP contribution in [0.25, 0.3) is 0 Å². The smallest absolute Gasteiger partial charge is 0.327 e. The molecule has 0 amide bonds. The van der Waals surface area contributed by atoms with Crippen LogP contribution >= 0.6 is 0 Å². The molecule has 0 radical (unpaired) electrons. The maximum Gasteiger partial charge on any atom is 0.327 e. The Balaban J connectivity index is 1.66. The third kappa shape index (κ3) is 2.66. The summed E-state index contributed by atoms with van der Waals surface area (Å²) in [5.41, 5.74) is 5.30. The quantitative estimate of drug-likeness (QED) is 0.840. The molecule has 0 aliphatic carbocycles. The van der Waals surface area contributed by atoms with Crippen LogP contribution in [-0.4, -0.2) is 62.4 Å². The first-order valence-corrected chi connectivity index (χ1v) is 9.33. The number of hydrogen-bond acceptors (Lipinski definition) is 7. The van der Waals surface area contributed by atoms with Crippen LogP contribution in [0.2, 0.25) is 0 Å². The van der Waals surface area contributed by atoms with Crippen LogP contribution in [0, 0.1) is 0 Å². The van der Waals surface area contributed by atoms with Gasteiger partial charge in [0, 0.05) is 50.0 Å². The molecule has 1 aromatic heterocycles. The molecule has 28 heavy (non-hydrogen) atoms. The topological polar surface area (TPSA) is 65.5 Å². The maximum absolute atomic E-state index is 5.27. The number of aromatic nitrogens is 1. The van der Waals surface area contributed by atoms with Crippen LogP contribution in [0.3, 0.4) is 0 Å². The predicted molar refractivity (Wildman–Crippen MR) is 109 cm³/mol. The van der Waals surface area contributed by atoms with Crippen molar-refractivity contribution in [2.75, 3.05) is 19.6 Å². The minimum absolute atomic E-state index is 0.641. The van der Waals surface area contributed by atoms with Crippen molar-refractivity contribution in [2.45, 2.75) is 5.91 Å². The summed E-state index contributed by atoms with van der Waals surface area (Å²) in [5, 5.41) is 6.35. The molecule has 0 aromatic carbocycles. The van der Waals surface area contributed by atoms with Crippen molar-refractivity contribution in [3.8, 4) is 0 Å². The van der Waals surface area contributed by atoms with Gasteiger partial charge in [-0.05, 0) is 24.3 Å². The molecule has 8 heteroatoms. The number of rotatable bonds is 4. The van der Waals surface area contributed by atoms with Crippen LogP contribution in [0.1, 0.15) is 5.69 Å². The molecule has 5 heterocycles. The lowest BCUT2D eigenvalue weighted by Gasteiger charge is -2.55. The summed E-state index contributed by atoms with van der Waals surface area (Å²) >= 11 is 0. The zero-order chi connectivity index (χ0) is 18.8. The Kier molecular flexibility index (Phi) is 4.10. The Hall–Kier alpha value is -3.52. The Labute approximate surface area is 163 Å². The van der Waals surface area contributed by atoms with Crippen molar-refractivity contribution in [2.24, 2.45) is 9.98 Å². The van der Waals surface area contributed by atoms with E-state index in [1.165, 1.54) is 0 Å². The second-order valence-corrected chi connectivity index (χ2v) is 6.63. The van der Waals surface area contributed by atoms with Gasteiger partial charge in [0.2, 0.25) is 0 Å². The first-order chi connectivity index (χ1) is 13.9.